The van der Waals surface area contributed by atoms with Crippen molar-refractivity contribution in [2.75, 3.05) is 39.9 Å². The second kappa shape index (κ2) is 7.94. The molecule has 2 saturated heterocycles. The summed E-state index contributed by atoms with van der Waals surface area (Å²) in [7, 11) is 2.19. The highest BCUT2D eigenvalue weighted by atomic mass is 16.5. The summed E-state index contributed by atoms with van der Waals surface area (Å²) in [5.74, 6) is 1.17. The molecule has 4 rings (SSSR count). The second-order valence-corrected chi connectivity index (χ2v) is 7.79. The highest BCUT2D eigenvalue weighted by Gasteiger charge is 2.29. The van der Waals surface area contributed by atoms with Crippen LogP contribution in [0, 0.1) is 11.8 Å². The van der Waals surface area contributed by atoms with Gasteiger partial charge in [-0.1, -0.05) is 0 Å². The van der Waals surface area contributed by atoms with Crippen LogP contribution in [0.2, 0.25) is 0 Å². The third kappa shape index (κ3) is 3.87. The first-order valence-electron chi connectivity index (χ1n) is 9.76. The first kappa shape index (κ1) is 17.8. The van der Waals surface area contributed by atoms with Crippen LogP contribution in [0.3, 0.4) is 0 Å². The summed E-state index contributed by atoms with van der Waals surface area (Å²) >= 11 is 0. The molecule has 0 aliphatic carbocycles. The summed E-state index contributed by atoms with van der Waals surface area (Å²) in [6.07, 6.45) is 5.61. The highest BCUT2D eigenvalue weighted by Crippen LogP contribution is 2.32. The van der Waals surface area contributed by atoms with Gasteiger partial charge in [-0.3, -0.25) is 14.8 Å². The fraction of sp³-hybridized carbons (Fsp3) is 0.650. The summed E-state index contributed by atoms with van der Waals surface area (Å²) in [6.45, 7) is 5.48. The molecular formula is C20H28N4O2. The van der Waals surface area contributed by atoms with Crippen LogP contribution in [0.25, 0.3) is 0 Å². The minimum absolute atomic E-state index is 0.163. The van der Waals surface area contributed by atoms with Crippen LogP contribution in [-0.2, 0) is 11.3 Å². The van der Waals surface area contributed by atoms with Gasteiger partial charge in [-0.25, -0.2) is 0 Å². The number of rotatable bonds is 5. The van der Waals surface area contributed by atoms with Crippen molar-refractivity contribution < 1.29 is 9.53 Å². The monoisotopic (exact) mass is 356 g/mol. The molecule has 0 amide bonds. The van der Waals surface area contributed by atoms with E-state index in [1.807, 2.05) is 6.07 Å². The Kier molecular flexibility index (Phi) is 5.43. The van der Waals surface area contributed by atoms with Gasteiger partial charge in [-0.2, -0.15) is 0 Å². The zero-order valence-corrected chi connectivity index (χ0v) is 15.5. The van der Waals surface area contributed by atoms with Gasteiger partial charge >= 0.3 is 0 Å². The van der Waals surface area contributed by atoms with E-state index in [0.29, 0.717) is 19.6 Å². The summed E-state index contributed by atoms with van der Waals surface area (Å²) < 4.78 is 5.48. The van der Waals surface area contributed by atoms with Crippen LogP contribution in [0.4, 0.5) is 5.69 Å². The maximum absolute atomic E-state index is 12.6. The lowest BCUT2D eigenvalue weighted by molar-refractivity contribution is 0.0998. The van der Waals surface area contributed by atoms with Crippen LogP contribution in [0.1, 0.15) is 41.7 Å². The quantitative estimate of drug-likeness (QED) is 0.876. The second-order valence-electron chi connectivity index (χ2n) is 7.79. The number of fused-ring (bicyclic) bond motifs is 1. The van der Waals surface area contributed by atoms with E-state index in [1.54, 1.807) is 6.20 Å². The van der Waals surface area contributed by atoms with Gasteiger partial charge in [0.05, 0.1) is 18.0 Å². The van der Waals surface area contributed by atoms with Gasteiger partial charge in [-0.05, 0) is 57.9 Å². The number of aromatic nitrogens is 1. The maximum Gasteiger partial charge on any atom is 0.170 e. The van der Waals surface area contributed by atoms with Crippen molar-refractivity contribution in [1.82, 2.24) is 15.2 Å². The lowest BCUT2D eigenvalue weighted by Gasteiger charge is -2.29. The summed E-state index contributed by atoms with van der Waals surface area (Å²) in [4.78, 5) is 24.4. The number of nitrogens with one attached hydrogen (secondary N) is 1. The lowest BCUT2D eigenvalue weighted by atomic mass is 9.92. The van der Waals surface area contributed by atoms with Gasteiger partial charge in [-0.15, -0.1) is 0 Å². The fourth-order valence-corrected chi connectivity index (χ4v) is 4.11. The van der Waals surface area contributed by atoms with Gasteiger partial charge in [0.15, 0.2) is 5.78 Å². The molecule has 2 fully saturated rings. The number of ether oxygens (including phenoxy) is 1. The van der Waals surface area contributed by atoms with E-state index >= 15 is 0 Å². The zero-order chi connectivity index (χ0) is 17.9. The number of carbonyl (C=O) groups is 1. The topological polar surface area (TPSA) is 66.8 Å². The van der Waals surface area contributed by atoms with Gasteiger partial charge < -0.3 is 15.0 Å². The van der Waals surface area contributed by atoms with Crippen molar-refractivity contribution in [3.63, 3.8) is 0 Å². The maximum atomic E-state index is 12.6. The number of piperidine rings is 1. The summed E-state index contributed by atoms with van der Waals surface area (Å²) in [5.41, 5.74) is 3.37. The number of pyridine rings is 1. The molecule has 0 radical (unpaired) electrons. The zero-order valence-electron chi connectivity index (χ0n) is 15.5. The Labute approximate surface area is 155 Å². The number of hydrogen-bond acceptors (Lipinski definition) is 6. The van der Waals surface area contributed by atoms with E-state index < -0.39 is 0 Å². The molecule has 0 bridgehead atoms. The van der Waals surface area contributed by atoms with Crippen molar-refractivity contribution in [2.24, 2.45) is 16.8 Å². The van der Waals surface area contributed by atoms with Gasteiger partial charge in [0.2, 0.25) is 0 Å². The predicted molar refractivity (Wildman–Crippen MR) is 101 cm³/mol. The van der Waals surface area contributed by atoms with Crippen LogP contribution < -0.4 is 5.32 Å². The molecular weight excluding hydrogens is 328 g/mol. The minimum atomic E-state index is 0.163. The first-order valence-corrected chi connectivity index (χ1v) is 9.76. The van der Waals surface area contributed by atoms with Gasteiger partial charge in [0, 0.05) is 43.0 Å². The Morgan fingerprint density at radius 1 is 1.31 bits per heavy atom. The number of nitrogens with zero attached hydrogens (tertiary/aromatic N) is 3. The van der Waals surface area contributed by atoms with E-state index in [0.717, 1.165) is 48.1 Å². The molecule has 1 aromatic heterocycles. The molecule has 6 nitrogen and oxygen atoms in total. The van der Waals surface area contributed by atoms with Gasteiger partial charge in [0.25, 0.3) is 0 Å². The van der Waals surface area contributed by atoms with Gasteiger partial charge in [0.1, 0.15) is 0 Å². The fourth-order valence-electron chi connectivity index (χ4n) is 4.11. The van der Waals surface area contributed by atoms with Crippen molar-refractivity contribution in [2.45, 2.75) is 32.2 Å². The molecule has 1 N–H and O–H groups in total. The van der Waals surface area contributed by atoms with Crippen molar-refractivity contribution in [3.05, 3.63) is 23.5 Å². The van der Waals surface area contributed by atoms with Crippen molar-refractivity contribution >= 4 is 17.2 Å². The Morgan fingerprint density at radius 3 is 2.92 bits per heavy atom. The molecule has 4 heterocycles. The van der Waals surface area contributed by atoms with E-state index in [2.05, 4.69) is 22.2 Å². The largest absolute Gasteiger partial charge is 0.381 e. The molecule has 0 saturated carbocycles. The van der Waals surface area contributed by atoms with E-state index in [9.17, 15) is 4.79 Å². The van der Waals surface area contributed by atoms with Crippen LogP contribution in [-0.4, -0.2) is 61.3 Å². The Balaban J connectivity index is 1.44. The van der Waals surface area contributed by atoms with Crippen LogP contribution >= 0.6 is 0 Å². The molecule has 1 atom stereocenters. The van der Waals surface area contributed by atoms with Crippen molar-refractivity contribution in [3.8, 4) is 0 Å². The summed E-state index contributed by atoms with van der Waals surface area (Å²) in [6, 6.07) is 1.81. The molecule has 0 aromatic carbocycles. The molecule has 3 aliphatic heterocycles. The molecule has 140 valence electrons. The van der Waals surface area contributed by atoms with Crippen molar-refractivity contribution in [1.29, 1.82) is 0 Å². The summed E-state index contributed by atoms with van der Waals surface area (Å²) in [5, 5.41) is 3.55. The minimum Gasteiger partial charge on any atom is -0.381 e. The third-order valence-corrected chi connectivity index (χ3v) is 5.86. The number of aliphatic imine (C=N–C) groups is 1. The number of hydrogen-bond donors (Lipinski definition) is 1. The Hall–Kier alpha value is -1.63. The van der Waals surface area contributed by atoms with E-state index in [4.69, 9.17) is 9.73 Å². The molecule has 3 aliphatic rings. The molecule has 1 aromatic rings. The van der Waals surface area contributed by atoms with Crippen LogP contribution in [0.5, 0.6) is 0 Å². The number of likely N-dealkylation sites (tertiary alicyclic amines) is 1. The average Bonchev–Trinajstić information content (AvgIpc) is 3.18. The Morgan fingerprint density at radius 2 is 2.15 bits per heavy atom. The lowest BCUT2D eigenvalue weighted by Crippen LogP contribution is -2.35. The standard InChI is InChI=1S/C20H28N4O2/c1-24-7-3-14(4-8-24)11-21-12-18-20-16(2-6-22-18)19(25)10-17(23-20)15-5-9-26-13-15/h2,6,14-15,21H,3-5,7-13H2,1H3. The smallest absolute Gasteiger partial charge is 0.170 e. The highest BCUT2D eigenvalue weighted by molar-refractivity contribution is 6.16. The molecule has 26 heavy (non-hydrogen) atoms. The normalized spacial score (nSPS) is 24.6. The number of Topliss-reactive ketones (excluding diaryl/α,β-unsaturated/α-hetero) is 1. The van der Waals surface area contributed by atoms with Crippen LogP contribution in [0.15, 0.2) is 17.3 Å². The van der Waals surface area contributed by atoms with E-state index in [1.165, 1.54) is 25.9 Å². The SMILES string of the molecule is CN1CCC(CNCc2nccc3c2N=C(C2CCOC2)CC3=O)CC1. The average molecular weight is 356 g/mol. The number of ketones is 1. The predicted octanol–water partition coefficient (Wildman–Crippen LogP) is 2.21. The Bertz CT molecular complexity index is 689. The number of carbonyl (C=O) groups excluding carboxylic acids is 1. The van der Waals surface area contributed by atoms with E-state index in [-0.39, 0.29) is 11.7 Å². The first-order chi connectivity index (χ1) is 12.7. The molecule has 6 heteroatoms. The molecule has 0 spiro atoms. The third-order valence-electron chi connectivity index (χ3n) is 5.86. The molecule has 1 unspecified atom stereocenters.